The van der Waals surface area contributed by atoms with Gasteiger partial charge in [-0.2, -0.15) is 0 Å². The van der Waals surface area contributed by atoms with Gasteiger partial charge in [-0.3, -0.25) is 0 Å². The van der Waals surface area contributed by atoms with Gasteiger partial charge in [0, 0.05) is 10.2 Å². The van der Waals surface area contributed by atoms with Crippen LogP contribution in [0.25, 0.3) is 0 Å². The zero-order valence-corrected chi connectivity index (χ0v) is 16.3. The van der Waals surface area contributed by atoms with E-state index >= 15 is 0 Å². The SMILES string of the molecule is COC(=O)C1=C(C(=O)OC)N(c2cc(Br)cc(C(=O)OC)c2C)COC1. The number of methoxy groups -OCH3 is 3. The molecule has 0 aromatic heterocycles. The summed E-state index contributed by atoms with van der Waals surface area (Å²) in [4.78, 5) is 37.9. The fraction of sp³-hybridized carbons (Fsp3) is 0.353. The van der Waals surface area contributed by atoms with Crippen molar-refractivity contribution < 1.29 is 33.3 Å². The Hall–Kier alpha value is -2.39. The highest BCUT2D eigenvalue weighted by molar-refractivity contribution is 9.10. The minimum atomic E-state index is -0.715. The molecule has 9 heteroatoms. The predicted molar refractivity (Wildman–Crippen MR) is 94.6 cm³/mol. The Morgan fingerprint density at radius 1 is 1.04 bits per heavy atom. The molecule has 1 aromatic carbocycles. The summed E-state index contributed by atoms with van der Waals surface area (Å²) < 4.78 is 20.4. The Morgan fingerprint density at radius 2 is 1.65 bits per heavy atom. The summed E-state index contributed by atoms with van der Waals surface area (Å²) in [7, 11) is 3.70. The molecule has 0 N–H and O–H groups in total. The Bertz CT molecular complexity index is 788. The van der Waals surface area contributed by atoms with Crippen molar-refractivity contribution in [2.75, 3.05) is 39.6 Å². The number of anilines is 1. The van der Waals surface area contributed by atoms with E-state index in [0.29, 0.717) is 21.3 Å². The number of benzene rings is 1. The van der Waals surface area contributed by atoms with Gasteiger partial charge in [-0.25, -0.2) is 14.4 Å². The molecule has 0 spiro atoms. The molecule has 0 radical (unpaired) electrons. The van der Waals surface area contributed by atoms with Gasteiger partial charge in [-0.05, 0) is 24.6 Å². The summed E-state index contributed by atoms with van der Waals surface area (Å²) in [6.07, 6.45) is 0. The zero-order valence-electron chi connectivity index (χ0n) is 14.8. The van der Waals surface area contributed by atoms with Crippen LogP contribution in [0.3, 0.4) is 0 Å². The van der Waals surface area contributed by atoms with Crippen LogP contribution >= 0.6 is 15.9 Å². The number of rotatable bonds is 4. The maximum Gasteiger partial charge on any atom is 0.355 e. The molecule has 2 rings (SSSR count). The van der Waals surface area contributed by atoms with Crippen LogP contribution in [0.2, 0.25) is 0 Å². The fourth-order valence-corrected chi connectivity index (χ4v) is 3.05. The molecular formula is C17H18BrNO7. The van der Waals surface area contributed by atoms with E-state index in [2.05, 4.69) is 15.9 Å². The van der Waals surface area contributed by atoms with Gasteiger partial charge in [0.15, 0.2) is 0 Å². The largest absolute Gasteiger partial charge is 0.466 e. The van der Waals surface area contributed by atoms with E-state index in [1.807, 2.05) is 0 Å². The van der Waals surface area contributed by atoms with Crippen molar-refractivity contribution in [3.8, 4) is 0 Å². The third-order valence-electron chi connectivity index (χ3n) is 3.87. The van der Waals surface area contributed by atoms with E-state index in [-0.39, 0.29) is 24.6 Å². The number of hydrogen-bond donors (Lipinski definition) is 0. The molecule has 1 heterocycles. The first-order valence-electron chi connectivity index (χ1n) is 7.49. The predicted octanol–water partition coefficient (Wildman–Crippen LogP) is 1.94. The van der Waals surface area contributed by atoms with Crippen molar-refractivity contribution in [1.29, 1.82) is 0 Å². The first-order valence-corrected chi connectivity index (χ1v) is 8.28. The van der Waals surface area contributed by atoms with Crippen LogP contribution < -0.4 is 4.90 Å². The molecule has 0 bridgehead atoms. The van der Waals surface area contributed by atoms with Crippen molar-refractivity contribution in [1.82, 2.24) is 0 Å². The lowest BCUT2D eigenvalue weighted by molar-refractivity contribution is -0.140. The maximum atomic E-state index is 12.4. The van der Waals surface area contributed by atoms with E-state index in [9.17, 15) is 14.4 Å². The van der Waals surface area contributed by atoms with Crippen LogP contribution in [0.5, 0.6) is 0 Å². The lowest BCUT2D eigenvalue weighted by Gasteiger charge is -2.32. The van der Waals surface area contributed by atoms with Gasteiger partial charge < -0.3 is 23.8 Å². The van der Waals surface area contributed by atoms with Crippen molar-refractivity contribution in [2.45, 2.75) is 6.92 Å². The van der Waals surface area contributed by atoms with Gasteiger partial charge in [0.1, 0.15) is 12.4 Å². The molecule has 26 heavy (non-hydrogen) atoms. The highest BCUT2D eigenvalue weighted by Crippen LogP contribution is 2.33. The monoisotopic (exact) mass is 427 g/mol. The summed E-state index contributed by atoms with van der Waals surface area (Å²) in [5, 5.41) is 0. The number of hydrogen-bond acceptors (Lipinski definition) is 8. The Morgan fingerprint density at radius 3 is 2.23 bits per heavy atom. The van der Waals surface area contributed by atoms with Gasteiger partial charge in [-0.1, -0.05) is 15.9 Å². The van der Waals surface area contributed by atoms with Crippen molar-refractivity contribution in [2.24, 2.45) is 0 Å². The first kappa shape index (κ1) is 19.9. The quantitative estimate of drug-likeness (QED) is 0.531. The molecule has 0 saturated heterocycles. The lowest BCUT2D eigenvalue weighted by atomic mass is 10.0. The number of nitrogens with zero attached hydrogens (tertiary/aromatic N) is 1. The van der Waals surface area contributed by atoms with Crippen molar-refractivity contribution >= 4 is 39.5 Å². The highest BCUT2D eigenvalue weighted by atomic mass is 79.9. The molecule has 0 aliphatic carbocycles. The molecule has 0 unspecified atom stereocenters. The van der Waals surface area contributed by atoms with Gasteiger partial charge in [0.05, 0.1) is 39.1 Å². The van der Waals surface area contributed by atoms with Gasteiger partial charge in [0.2, 0.25) is 0 Å². The van der Waals surface area contributed by atoms with E-state index in [0.717, 1.165) is 0 Å². The molecule has 0 atom stereocenters. The second-order valence-electron chi connectivity index (χ2n) is 5.30. The number of halogens is 1. The molecule has 8 nitrogen and oxygen atoms in total. The number of carbonyl (C=O) groups is 3. The van der Waals surface area contributed by atoms with E-state index in [1.165, 1.54) is 26.2 Å². The van der Waals surface area contributed by atoms with Gasteiger partial charge in [-0.15, -0.1) is 0 Å². The minimum Gasteiger partial charge on any atom is -0.466 e. The van der Waals surface area contributed by atoms with Crippen LogP contribution in [-0.4, -0.2) is 52.6 Å². The molecule has 1 aliphatic heterocycles. The van der Waals surface area contributed by atoms with Crippen LogP contribution in [0.4, 0.5) is 5.69 Å². The number of esters is 3. The van der Waals surface area contributed by atoms with Crippen molar-refractivity contribution in [3.63, 3.8) is 0 Å². The van der Waals surface area contributed by atoms with Crippen molar-refractivity contribution in [3.05, 3.63) is 39.0 Å². The average Bonchev–Trinajstić information content (AvgIpc) is 2.66. The molecule has 1 aromatic rings. The third kappa shape index (κ3) is 3.73. The van der Waals surface area contributed by atoms with Crippen LogP contribution in [0, 0.1) is 6.92 Å². The van der Waals surface area contributed by atoms with E-state index in [4.69, 9.17) is 18.9 Å². The summed E-state index contributed by atoms with van der Waals surface area (Å²) in [6, 6.07) is 3.31. The summed E-state index contributed by atoms with van der Waals surface area (Å²) in [5.74, 6) is -1.94. The summed E-state index contributed by atoms with van der Waals surface area (Å²) >= 11 is 3.34. The zero-order chi connectivity index (χ0) is 19.4. The maximum absolute atomic E-state index is 12.4. The van der Waals surface area contributed by atoms with Crippen LogP contribution in [0.1, 0.15) is 15.9 Å². The lowest BCUT2D eigenvalue weighted by Crippen LogP contribution is -2.39. The van der Waals surface area contributed by atoms with Crippen LogP contribution in [0.15, 0.2) is 27.9 Å². The molecule has 0 saturated carbocycles. The first-order chi connectivity index (χ1) is 12.3. The summed E-state index contributed by atoms with van der Waals surface area (Å²) in [6.45, 7) is 1.60. The van der Waals surface area contributed by atoms with Gasteiger partial charge in [0.25, 0.3) is 0 Å². The molecule has 0 fully saturated rings. The Labute approximate surface area is 158 Å². The topological polar surface area (TPSA) is 91.4 Å². The second-order valence-corrected chi connectivity index (χ2v) is 6.22. The highest BCUT2D eigenvalue weighted by Gasteiger charge is 2.33. The Balaban J connectivity index is 2.69. The van der Waals surface area contributed by atoms with Crippen LogP contribution in [-0.2, 0) is 28.5 Å². The molecule has 0 amide bonds. The normalized spacial score (nSPS) is 14.1. The number of carbonyl (C=O) groups excluding carboxylic acids is 3. The Kier molecular flexibility index (Phi) is 6.38. The van der Waals surface area contributed by atoms with E-state index < -0.39 is 17.9 Å². The summed E-state index contributed by atoms with van der Waals surface area (Å²) in [5.41, 5.74) is 1.39. The van der Waals surface area contributed by atoms with Gasteiger partial charge >= 0.3 is 17.9 Å². The molecule has 1 aliphatic rings. The fourth-order valence-electron chi connectivity index (χ4n) is 2.60. The third-order valence-corrected chi connectivity index (χ3v) is 4.33. The average molecular weight is 428 g/mol. The number of ether oxygens (including phenoxy) is 4. The smallest absolute Gasteiger partial charge is 0.355 e. The van der Waals surface area contributed by atoms with E-state index in [1.54, 1.807) is 19.1 Å². The standard InChI is InChI=1S/C17H18BrNO7/c1-9-11(15(20)23-2)5-10(18)6-13(9)19-8-26-7-12(16(21)24-3)14(19)17(22)25-4/h5-6H,7-8H2,1-4H3. The molecule has 140 valence electrons. The molecular weight excluding hydrogens is 410 g/mol. The minimum absolute atomic E-state index is 0.00242. The second kappa shape index (κ2) is 8.33.